The number of rotatable bonds is 10. The lowest BCUT2D eigenvalue weighted by molar-refractivity contribution is -0.116. The van der Waals surface area contributed by atoms with Gasteiger partial charge in [0.05, 0.1) is 18.0 Å². The van der Waals surface area contributed by atoms with Gasteiger partial charge >= 0.3 is 0 Å². The predicted molar refractivity (Wildman–Crippen MR) is 118 cm³/mol. The van der Waals surface area contributed by atoms with Gasteiger partial charge in [0, 0.05) is 18.5 Å². The van der Waals surface area contributed by atoms with Gasteiger partial charge < -0.3 is 15.5 Å². The minimum absolute atomic E-state index is 0.0268. The van der Waals surface area contributed by atoms with Gasteiger partial charge in [-0.2, -0.15) is 0 Å². The fourth-order valence-electron chi connectivity index (χ4n) is 3.17. The average molecular weight is 435 g/mol. The summed E-state index contributed by atoms with van der Waals surface area (Å²) in [6.45, 7) is 5.87. The number of hydrogen-bond donors (Lipinski definition) is 4. The summed E-state index contributed by atoms with van der Waals surface area (Å²) >= 11 is 0. The smallest absolute Gasteiger partial charge is 0.229 e. The number of aromatic hydroxyl groups is 1. The first-order valence-electron chi connectivity index (χ1n) is 9.66. The molecule has 0 aromatic heterocycles. The number of β-amino-alcohol motifs (C(OH)–C–C–N with tert-alkyl or cyclic N) is 1. The molecule has 0 aliphatic rings. The number of sulfonamides is 1. The van der Waals surface area contributed by atoms with E-state index in [1.54, 1.807) is 13.0 Å². The highest BCUT2D eigenvalue weighted by molar-refractivity contribution is 7.92. The number of aliphatic hydroxyl groups is 1. The molecule has 8 heteroatoms. The Kier molecular flexibility index (Phi) is 7.63. The van der Waals surface area contributed by atoms with Crippen LogP contribution in [-0.4, -0.2) is 42.8 Å². The van der Waals surface area contributed by atoms with Crippen LogP contribution in [0.3, 0.4) is 0 Å². The van der Waals surface area contributed by atoms with Crippen molar-refractivity contribution in [2.45, 2.75) is 45.3 Å². The molecule has 0 aliphatic carbocycles. The minimum atomic E-state index is -3.55. The molecule has 0 spiro atoms. The lowest BCUT2D eigenvalue weighted by Crippen LogP contribution is -2.43. The van der Waals surface area contributed by atoms with E-state index in [1.807, 2.05) is 38.1 Å². The standard InChI is InChI=1S/C22H30N2O5S/c1-15(25)11-16-5-7-17(8-6-16)13-22(2,3)23-14-21(27)18-9-10-20(26)19(12-18)24-30(4,28)29/h5-10,12,21,23-24,26-27H,11,13-14H2,1-4H3/t21-/m0/s1. The Morgan fingerprint density at radius 1 is 1.10 bits per heavy atom. The van der Waals surface area contributed by atoms with Crippen LogP contribution in [0.15, 0.2) is 42.5 Å². The van der Waals surface area contributed by atoms with Crippen LogP contribution in [0.2, 0.25) is 0 Å². The number of hydrogen-bond acceptors (Lipinski definition) is 6. The van der Waals surface area contributed by atoms with Crippen LogP contribution in [0.4, 0.5) is 5.69 Å². The molecule has 4 N–H and O–H groups in total. The summed E-state index contributed by atoms with van der Waals surface area (Å²) in [5.41, 5.74) is 2.29. The van der Waals surface area contributed by atoms with Crippen molar-refractivity contribution in [2.75, 3.05) is 17.5 Å². The fraction of sp³-hybridized carbons (Fsp3) is 0.409. The highest BCUT2D eigenvalue weighted by Crippen LogP contribution is 2.28. The molecular formula is C22H30N2O5S. The second-order valence-corrected chi connectivity index (χ2v) is 10.1. The average Bonchev–Trinajstić information content (AvgIpc) is 2.61. The van der Waals surface area contributed by atoms with E-state index in [4.69, 9.17) is 0 Å². The van der Waals surface area contributed by atoms with Crippen LogP contribution in [0.5, 0.6) is 5.75 Å². The zero-order chi connectivity index (χ0) is 22.5. The van der Waals surface area contributed by atoms with Crippen molar-refractivity contribution in [3.63, 3.8) is 0 Å². The van der Waals surface area contributed by atoms with Crippen molar-refractivity contribution in [3.05, 3.63) is 59.2 Å². The fourth-order valence-corrected chi connectivity index (χ4v) is 3.73. The second-order valence-electron chi connectivity index (χ2n) is 8.30. The zero-order valence-electron chi connectivity index (χ0n) is 17.8. The Labute approximate surface area is 178 Å². The number of nitrogens with one attached hydrogen (secondary N) is 2. The van der Waals surface area contributed by atoms with Gasteiger partial charge in [0.2, 0.25) is 10.0 Å². The molecule has 2 aromatic rings. The summed E-state index contributed by atoms with van der Waals surface area (Å²) < 4.78 is 25.1. The van der Waals surface area contributed by atoms with Gasteiger partial charge in [-0.05, 0) is 56.0 Å². The third-order valence-electron chi connectivity index (χ3n) is 4.60. The van der Waals surface area contributed by atoms with Crippen molar-refractivity contribution in [2.24, 2.45) is 0 Å². The maximum Gasteiger partial charge on any atom is 0.229 e. The summed E-state index contributed by atoms with van der Waals surface area (Å²) in [4.78, 5) is 11.2. The van der Waals surface area contributed by atoms with Gasteiger partial charge in [0.25, 0.3) is 0 Å². The van der Waals surface area contributed by atoms with E-state index in [0.717, 1.165) is 23.8 Å². The minimum Gasteiger partial charge on any atom is -0.506 e. The molecule has 7 nitrogen and oxygen atoms in total. The highest BCUT2D eigenvalue weighted by atomic mass is 32.2. The van der Waals surface area contributed by atoms with Gasteiger partial charge in [-0.25, -0.2) is 8.42 Å². The lowest BCUT2D eigenvalue weighted by Gasteiger charge is -2.28. The van der Waals surface area contributed by atoms with E-state index < -0.39 is 16.1 Å². The number of anilines is 1. The first kappa shape index (κ1) is 23.9. The summed E-state index contributed by atoms with van der Waals surface area (Å²) in [5, 5.41) is 23.7. The number of carbonyl (C=O) groups is 1. The number of phenolic OH excluding ortho intramolecular Hbond substituents is 1. The highest BCUT2D eigenvalue weighted by Gasteiger charge is 2.20. The Hall–Kier alpha value is -2.42. The normalized spacial score (nSPS) is 13.1. The molecule has 0 fully saturated rings. The van der Waals surface area contributed by atoms with E-state index in [9.17, 15) is 23.4 Å². The quantitative estimate of drug-likeness (QED) is 0.427. The number of ketones is 1. The molecule has 30 heavy (non-hydrogen) atoms. The molecule has 2 aromatic carbocycles. The molecule has 0 saturated carbocycles. The maximum absolute atomic E-state index is 11.4. The zero-order valence-corrected chi connectivity index (χ0v) is 18.6. The Morgan fingerprint density at radius 3 is 2.27 bits per heavy atom. The Bertz CT molecular complexity index is 985. The van der Waals surface area contributed by atoms with E-state index >= 15 is 0 Å². The summed E-state index contributed by atoms with van der Waals surface area (Å²) in [7, 11) is -3.55. The summed E-state index contributed by atoms with van der Waals surface area (Å²) in [6, 6.07) is 12.2. The van der Waals surface area contributed by atoms with Crippen LogP contribution in [0.1, 0.15) is 43.6 Å². The lowest BCUT2D eigenvalue weighted by atomic mass is 9.93. The van der Waals surface area contributed by atoms with Crippen molar-refractivity contribution >= 4 is 21.5 Å². The third kappa shape index (κ3) is 7.78. The van der Waals surface area contributed by atoms with Crippen molar-refractivity contribution in [1.29, 1.82) is 0 Å². The van der Waals surface area contributed by atoms with E-state index in [1.165, 1.54) is 12.1 Å². The molecule has 2 rings (SSSR count). The largest absolute Gasteiger partial charge is 0.506 e. The van der Waals surface area contributed by atoms with E-state index in [-0.39, 0.29) is 29.3 Å². The molecule has 0 bridgehead atoms. The topological polar surface area (TPSA) is 116 Å². The van der Waals surface area contributed by atoms with Gasteiger partial charge in [-0.3, -0.25) is 9.52 Å². The molecule has 0 aliphatic heterocycles. The molecular weight excluding hydrogens is 404 g/mol. The van der Waals surface area contributed by atoms with Gasteiger partial charge in [0.15, 0.2) is 0 Å². The first-order chi connectivity index (χ1) is 13.8. The van der Waals surface area contributed by atoms with Gasteiger partial charge in [0.1, 0.15) is 11.5 Å². The van der Waals surface area contributed by atoms with E-state index in [2.05, 4.69) is 10.0 Å². The molecule has 0 amide bonds. The van der Waals surface area contributed by atoms with Crippen molar-refractivity contribution in [1.82, 2.24) is 5.32 Å². The van der Waals surface area contributed by atoms with Crippen LogP contribution in [0.25, 0.3) is 0 Å². The molecule has 1 atom stereocenters. The maximum atomic E-state index is 11.4. The Morgan fingerprint density at radius 2 is 1.70 bits per heavy atom. The number of aliphatic hydroxyl groups excluding tert-OH is 1. The SMILES string of the molecule is CC(=O)Cc1ccc(CC(C)(C)NC[C@H](O)c2ccc(O)c(NS(C)(=O)=O)c2)cc1. The van der Waals surface area contributed by atoms with Gasteiger partial charge in [-0.1, -0.05) is 30.3 Å². The number of Topliss-reactive ketones (excluding diaryl/α,β-unsaturated/α-hetero) is 1. The van der Waals surface area contributed by atoms with Crippen LogP contribution >= 0.6 is 0 Å². The molecule has 0 heterocycles. The monoisotopic (exact) mass is 434 g/mol. The summed E-state index contributed by atoms with van der Waals surface area (Å²) in [5.74, 6) is -0.0826. The summed E-state index contributed by atoms with van der Waals surface area (Å²) in [6.07, 6.45) is 1.25. The predicted octanol–water partition coefficient (Wildman–Crippen LogP) is 2.54. The molecule has 164 valence electrons. The van der Waals surface area contributed by atoms with Crippen LogP contribution in [-0.2, 0) is 27.7 Å². The molecule has 0 saturated heterocycles. The number of phenols is 1. The van der Waals surface area contributed by atoms with Crippen LogP contribution < -0.4 is 10.0 Å². The van der Waals surface area contributed by atoms with E-state index in [0.29, 0.717) is 12.0 Å². The van der Waals surface area contributed by atoms with Crippen LogP contribution in [0, 0.1) is 0 Å². The number of benzene rings is 2. The third-order valence-corrected chi connectivity index (χ3v) is 5.19. The molecule has 0 radical (unpaired) electrons. The first-order valence-corrected chi connectivity index (χ1v) is 11.5. The second kappa shape index (κ2) is 9.59. The number of carbonyl (C=O) groups excluding carboxylic acids is 1. The molecule has 0 unspecified atom stereocenters. The van der Waals surface area contributed by atoms with Crippen molar-refractivity contribution in [3.8, 4) is 5.75 Å². The van der Waals surface area contributed by atoms with Gasteiger partial charge in [-0.15, -0.1) is 0 Å². The Balaban J connectivity index is 1.99. The van der Waals surface area contributed by atoms with Crippen molar-refractivity contribution < 1.29 is 23.4 Å².